The second-order valence-corrected chi connectivity index (χ2v) is 3.79. The largest absolute Gasteiger partial charge is 0.365 e. The third-order valence-electron chi connectivity index (χ3n) is 2.48. The first-order chi connectivity index (χ1) is 8.34. The highest BCUT2D eigenvalue weighted by atomic mass is 16.1. The van der Waals surface area contributed by atoms with Gasteiger partial charge in [-0.25, -0.2) is 0 Å². The lowest BCUT2D eigenvalue weighted by atomic mass is 10.2. The molecule has 0 saturated heterocycles. The summed E-state index contributed by atoms with van der Waals surface area (Å²) in [6.45, 7) is 0.490. The van der Waals surface area contributed by atoms with Crippen molar-refractivity contribution in [2.24, 2.45) is 0 Å². The molecule has 0 fully saturated rings. The average molecular weight is 229 g/mol. The summed E-state index contributed by atoms with van der Waals surface area (Å²) in [5.41, 5.74) is 1.96. The van der Waals surface area contributed by atoms with Crippen molar-refractivity contribution in [3.8, 4) is 0 Å². The summed E-state index contributed by atoms with van der Waals surface area (Å²) >= 11 is 0. The van der Waals surface area contributed by atoms with E-state index in [9.17, 15) is 4.79 Å². The van der Waals surface area contributed by atoms with E-state index in [-0.39, 0.29) is 5.91 Å². The molecule has 0 unspecified atom stereocenters. The van der Waals surface area contributed by atoms with Crippen molar-refractivity contribution in [1.82, 2.24) is 15.3 Å². The molecule has 2 aromatic rings. The molecular formula is C13H15N3O. The highest BCUT2D eigenvalue weighted by molar-refractivity contribution is 5.76. The van der Waals surface area contributed by atoms with E-state index in [1.54, 1.807) is 6.20 Å². The summed E-state index contributed by atoms with van der Waals surface area (Å²) in [4.78, 5) is 18.8. The van der Waals surface area contributed by atoms with Gasteiger partial charge in [-0.15, -0.1) is 0 Å². The van der Waals surface area contributed by atoms with Gasteiger partial charge in [0.05, 0.1) is 12.2 Å². The molecular weight excluding hydrogens is 214 g/mol. The van der Waals surface area contributed by atoms with Crippen LogP contribution in [0.25, 0.3) is 0 Å². The summed E-state index contributed by atoms with van der Waals surface area (Å²) in [7, 11) is 0. The lowest BCUT2D eigenvalue weighted by molar-refractivity contribution is -0.121. The van der Waals surface area contributed by atoms with Gasteiger partial charge in [-0.1, -0.05) is 6.07 Å². The van der Waals surface area contributed by atoms with Crippen molar-refractivity contribution in [2.75, 3.05) is 0 Å². The van der Waals surface area contributed by atoms with E-state index in [1.807, 2.05) is 36.5 Å². The van der Waals surface area contributed by atoms with Gasteiger partial charge >= 0.3 is 0 Å². The molecule has 0 aliphatic carbocycles. The first kappa shape index (κ1) is 11.4. The third-order valence-corrected chi connectivity index (χ3v) is 2.48. The summed E-state index contributed by atoms with van der Waals surface area (Å²) in [5.74, 6) is 0.0465. The van der Waals surface area contributed by atoms with E-state index in [0.29, 0.717) is 13.0 Å². The Kier molecular flexibility index (Phi) is 3.91. The van der Waals surface area contributed by atoms with Crippen LogP contribution in [-0.4, -0.2) is 15.9 Å². The van der Waals surface area contributed by atoms with Gasteiger partial charge < -0.3 is 10.3 Å². The van der Waals surface area contributed by atoms with E-state index in [4.69, 9.17) is 0 Å². The van der Waals surface area contributed by atoms with Crippen LogP contribution < -0.4 is 5.32 Å². The first-order valence-corrected chi connectivity index (χ1v) is 5.63. The van der Waals surface area contributed by atoms with Crippen molar-refractivity contribution in [3.63, 3.8) is 0 Å². The van der Waals surface area contributed by atoms with Crippen LogP contribution in [-0.2, 0) is 17.8 Å². The topological polar surface area (TPSA) is 57.8 Å². The molecule has 2 N–H and O–H groups in total. The average Bonchev–Trinajstić information content (AvgIpc) is 2.88. The molecule has 0 spiro atoms. The number of carbonyl (C=O) groups excluding carboxylic acids is 1. The fraction of sp³-hybridized carbons (Fsp3) is 0.231. The van der Waals surface area contributed by atoms with Crippen LogP contribution in [0.15, 0.2) is 42.7 Å². The molecule has 1 amide bonds. The molecule has 0 aliphatic rings. The minimum Gasteiger partial charge on any atom is -0.365 e. The molecule has 0 aromatic carbocycles. The maximum absolute atomic E-state index is 11.6. The Morgan fingerprint density at radius 1 is 1.29 bits per heavy atom. The van der Waals surface area contributed by atoms with Crippen LogP contribution >= 0.6 is 0 Å². The highest BCUT2D eigenvalue weighted by Gasteiger charge is 2.02. The number of pyridine rings is 1. The fourth-order valence-corrected chi connectivity index (χ4v) is 1.55. The number of nitrogens with one attached hydrogen (secondary N) is 2. The number of hydrogen-bond acceptors (Lipinski definition) is 2. The lowest BCUT2D eigenvalue weighted by Gasteiger charge is -2.03. The minimum absolute atomic E-state index is 0.0465. The smallest absolute Gasteiger partial charge is 0.220 e. The lowest BCUT2D eigenvalue weighted by Crippen LogP contribution is -2.23. The van der Waals surface area contributed by atoms with Crippen LogP contribution in [0.4, 0.5) is 0 Å². The first-order valence-electron chi connectivity index (χ1n) is 5.63. The number of aryl methyl sites for hydroxylation is 1. The molecule has 88 valence electrons. The maximum Gasteiger partial charge on any atom is 0.220 e. The van der Waals surface area contributed by atoms with Crippen LogP contribution in [0.3, 0.4) is 0 Å². The number of hydrogen-bond donors (Lipinski definition) is 2. The molecule has 2 rings (SSSR count). The third kappa shape index (κ3) is 3.75. The number of nitrogens with zero attached hydrogens (tertiary/aromatic N) is 1. The Labute approximate surface area is 100 Å². The Balaban J connectivity index is 1.71. The van der Waals surface area contributed by atoms with Gasteiger partial charge in [0.2, 0.25) is 5.91 Å². The number of H-pyrrole nitrogens is 1. The predicted octanol–water partition coefficient (Wildman–Crippen LogP) is 1.66. The van der Waals surface area contributed by atoms with Crippen molar-refractivity contribution >= 4 is 5.91 Å². The van der Waals surface area contributed by atoms with Gasteiger partial charge in [0, 0.05) is 24.5 Å². The van der Waals surface area contributed by atoms with Crippen LogP contribution in [0.1, 0.15) is 17.8 Å². The van der Waals surface area contributed by atoms with Gasteiger partial charge in [-0.05, 0) is 30.7 Å². The number of rotatable bonds is 5. The molecule has 17 heavy (non-hydrogen) atoms. The summed E-state index contributed by atoms with van der Waals surface area (Å²) < 4.78 is 0. The second kappa shape index (κ2) is 5.84. The van der Waals surface area contributed by atoms with E-state index in [2.05, 4.69) is 15.3 Å². The molecule has 4 nitrogen and oxygen atoms in total. The van der Waals surface area contributed by atoms with Crippen molar-refractivity contribution < 1.29 is 4.79 Å². The van der Waals surface area contributed by atoms with E-state index < -0.39 is 0 Å². The number of carbonyl (C=O) groups is 1. The molecule has 2 heterocycles. The van der Waals surface area contributed by atoms with Crippen molar-refractivity contribution in [2.45, 2.75) is 19.4 Å². The number of aromatic nitrogens is 2. The normalized spacial score (nSPS) is 10.1. The van der Waals surface area contributed by atoms with Gasteiger partial charge in [-0.3, -0.25) is 9.78 Å². The van der Waals surface area contributed by atoms with E-state index in [1.165, 1.54) is 0 Å². The minimum atomic E-state index is 0.0465. The van der Waals surface area contributed by atoms with Gasteiger partial charge in [0.1, 0.15) is 0 Å². The Hall–Kier alpha value is -2.10. The highest BCUT2D eigenvalue weighted by Crippen LogP contribution is 1.99. The van der Waals surface area contributed by atoms with Crippen molar-refractivity contribution in [1.29, 1.82) is 0 Å². The zero-order valence-electron chi connectivity index (χ0n) is 9.52. The molecule has 0 bridgehead atoms. The van der Waals surface area contributed by atoms with Crippen LogP contribution in [0.2, 0.25) is 0 Å². The van der Waals surface area contributed by atoms with Gasteiger partial charge in [-0.2, -0.15) is 0 Å². The van der Waals surface area contributed by atoms with E-state index >= 15 is 0 Å². The SMILES string of the molecule is O=C(CCc1ccc[nH]1)NCc1ccccn1. The number of amides is 1. The number of aromatic amines is 1. The molecule has 2 aromatic heterocycles. The Bertz CT molecular complexity index is 451. The summed E-state index contributed by atoms with van der Waals surface area (Å²) in [5, 5.41) is 2.85. The monoisotopic (exact) mass is 229 g/mol. The standard InChI is InChI=1S/C13H15N3O/c17-13(7-6-11-5-3-9-14-11)16-10-12-4-1-2-8-15-12/h1-5,8-9,14H,6-7,10H2,(H,16,17). The molecule has 0 atom stereocenters. The Morgan fingerprint density at radius 2 is 2.24 bits per heavy atom. The zero-order valence-corrected chi connectivity index (χ0v) is 9.52. The summed E-state index contributed by atoms with van der Waals surface area (Å²) in [6, 6.07) is 9.57. The van der Waals surface area contributed by atoms with E-state index in [0.717, 1.165) is 17.8 Å². The quantitative estimate of drug-likeness (QED) is 0.819. The summed E-state index contributed by atoms with van der Waals surface area (Å²) in [6.07, 6.45) is 4.82. The van der Waals surface area contributed by atoms with Gasteiger partial charge in [0.25, 0.3) is 0 Å². The Morgan fingerprint density at radius 3 is 2.94 bits per heavy atom. The molecule has 0 saturated carbocycles. The van der Waals surface area contributed by atoms with Crippen LogP contribution in [0, 0.1) is 0 Å². The predicted molar refractivity (Wildman–Crippen MR) is 65.2 cm³/mol. The van der Waals surface area contributed by atoms with Gasteiger partial charge in [0.15, 0.2) is 0 Å². The van der Waals surface area contributed by atoms with Crippen molar-refractivity contribution in [3.05, 3.63) is 54.1 Å². The maximum atomic E-state index is 11.6. The fourth-order valence-electron chi connectivity index (χ4n) is 1.55. The second-order valence-electron chi connectivity index (χ2n) is 3.79. The molecule has 0 radical (unpaired) electrons. The molecule has 4 heteroatoms. The molecule has 0 aliphatic heterocycles. The van der Waals surface area contributed by atoms with Crippen LogP contribution in [0.5, 0.6) is 0 Å². The zero-order chi connectivity index (χ0) is 11.9.